The maximum Gasteiger partial charge on any atom is 0.253 e. The molecule has 1 saturated heterocycles. The number of hydrogen-bond acceptors (Lipinski definition) is 4. The predicted molar refractivity (Wildman–Crippen MR) is 71.3 cm³/mol. The monoisotopic (exact) mass is 248 g/mol. The summed E-state index contributed by atoms with van der Waals surface area (Å²) in [6.45, 7) is 5.22. The van der Waals surface area contributed by atoms with Gasteiger partial charge in [-0.1, -0.05) is 6.92 Å². The molecule has 1 aromatic heterocycles. The molecule has 98 valence electrons. The number of carbonyl (C=O) groups is 1. The van der Waals surface area contributed by atoms with Gasteiger partial charge in [0, 0.05) is 18.8 Å². The normalized spacial score (nSPS) is 20.6. The van der Waals surface area contributed by atoms with E-state index in [0.717, 1.165) is 32.5 Å². The van der Waals surface area contributed by atoms with E-state index in [9.17, 15) is 4.79 Å². The second-order valence-corrected chi connectivity index (χ2v) is 4.67. The number of nitrogens with two attached hydrogens (primary N) is 1. The first-order valence-electron chi connectivity index (χ1n) is 6.43. The van der Waals surface area contributed by atoms with Crippen LogP contribution in [0.4, 0.5) is 5.69 Å². The molecule has 0 bridgehead atoms. The van der Waals surface area contributed by atoms with Gasteiger partial charge in [-0.2, -0.15) is 0 Å². The standard InChI is InChI=1S/C13H20N4O/c1-2-17-7-3-4-10(9-17)16-13(18)11-5-6-15-8-12(11)14/h5-6,8,10H,2-4,7,9,14H2,1H3,(H,16,18). The van der Waals surface area contributed by atoms with Crippen molar-refractivity contribution in [3.8, 4) is 0 Å². The molecule has 1 fully saturated rings. The summed E-state index contributed by atoms with van der Waals surface area (Å²) in [4.78, 5) is 18.3. The zero-order valence-corrected chi connectivity index (χ0v) is 10.7. The smallest absolute Gasteiger partial charge is 0.253 e. The van der Waals surface area contributed by atoms with Crippen molar-refractivity contribution in [1.82, 2.24) is 15.2 Å². The lowest BCUT2D eigenvalue weighted by Crippen LogP contribution is -2.47. The number of amides is 1. The Morgan fingerprint density at radius 3 is 3.22 bits per heavy atom. The van der Waals surface area contributed by atoms with Crippen LogP contribution >= 0.6 is 0 Å². The van der Waals surface area contributed by atoms with Gasteiger partial charge in [0.25, 0.3) is 5.91 Å². The summed E-state index contributed by atoms with van der Waals surface area (Å²) >= 11 is 0. The van der Waals surface area contributed by atoms with E-state index in [1.165, 1.54) is 6.20 Å². The molecule has 0 aromatic carbocycles. The van der Waals surface area contributed by atoms with Crippen molar-refractivity contribution >= 4 is 11.6 Å². The number of anilines is 1. The Hall–Kier alpha value is -1.62. The Morgan fingerprint density at radius 2 is 2.50 bits per heavy atom. The molecule has 1 aliphatic rings. The van der Waals surface area contributed by atoms with Gasteiger partial charge in [-0.25, -0.2) is 0 Å². The Kier molecular flexibility index (Phi) is 4.15. The van der Waals surface area contributed by atoms with Crippen molar-refractivity contribution in [2.75, 3.05) is 25.4 Å². The summed E-state index contributed by atoms with van der Waals surface area (Å²) in [7, 11) is 0. The maximum atomic E-state index is 12.1. The van der Waals surface area contributed by atoms with Crippen molar-refractivity contribution in [3.63, 3.8) is 0 Å². The van der Waals surface area contributed by atoms with Crippen LogP contribution in [0.1, 0.15) is 30.1 Å². The molecular formula is C13H20N4O. The number of carbonyl (C=O) groups excluding carboxylic acids is 1. The average molecular weight is 248 g/mol. The lowest BCUT2D eigenvalue weighted by Gasteiger charge is -2.32. The van der Waals surface area contributed by atoms with Crippen LogP contribution in [-0.4, -0.2) is 41.5 Å². The highest BCUT2D eigenvalue weighted by atomic mass is 16.1. The fraction of sp³-hybridized carbons (Fsp3) is 0.538. The van der Waals surface area contributed by atoms with Gasteiger partial charge < -0.3 is 16.0 Å². The number of piperidine rings is 1. The lowest BCUT2D eigenvalue weighted by atomic mass is 10.1. The van der Waals surface area contributed by atoms with Crippen LogP contribution in [0.25, 0.3) is 0 Å². The SMILES string of the molecule is CCN1CCCC(NC(=O)c2ccncc2N)C1. The van der Waals surface area contributed by atoms with Gasteiger partial charge in [0.1, 0.15) is 0 Å². The van der Waals surface area contributed by atoms with Crippen molar-refractivity contribution in [3.05, 3.63) is 24.0 Å². The molecule has 5 heteroatoms. The Bertz CT molecular complexity index is 421. The molecule has 1 unspecified atom stereocenters. The lowest BCUT2D eigenvalue weighted by molar-refractivity contribution is 0.0906. The van der Waals surface area contributed by atoms with Crippen molar-refractivity contribution < 1.29 is 4.79 Å². The molecule has 18 heavy (non-hydrogen) atoms. The molecule has 1 atom stereocenters. The van der Waals surface area contributed by atoms with E-state index in [1.54, 1.807) is 12.3 Å². The molecule has 0 radical (unpaired) electrons. The van der Waals surface area contributed by atoms with Gasteiger partial charge in [0.05, 0.1) is 17.4 Å². The van der Waals surface area contributed by atoms with E-state index in [4.69, 9.17) is 5.73 Å². The molecule has 1 aliphatic heterocycles. The molecule has 3 N–H and O–H groups in total. The second-order valence-electron chi connectivity index (χ2n) is 4.67. The third-order valence-electron chi connectivity index (χ3n) is 3.38. The van der Waals surface area contributed by atoms with E-state index in [-0.39, 0.29) is 11.9 Å². The first-order valence-corrected chi connectivity index (χ1v) is 6.43. The third kappa shape index (κ3) is 2.98. The Balaban J connectivity index is 1.97. The second kappa shape index (κ2) is 5.82. The minimum absolute atomic E-state index is 0.0992. The fourth-order valence-electron chi connectivity index (χ4n) is 2.34. The number of nitrogen functional groups attached to an aromatic ring is 1. The first kappa shape index (κ1) is 12.8. The number of nitrogens with zero attached hydrogens (tertiary/aromatic N) is 2. The van der Waals surface area contributed by atoms with Gasteiger partial charge in [0.2, 0.25) is 0 Å². The first-order chi connectivity index (χ1) is 8.70. The highest BCUT2D eigenvalue weighted by Crippen LogP contribution is 2.12. The summed E-state index contributed by atoms with van der Waals surface area (Å²) in [6, 6.07) is 1.88. The summed E-state index contributed by atoms with van der Waals surface area (Å²) in [6.07, 6.45) is 5.26. The van der Waals surface area contributed by atoms with Crippen LogP contribution in [0, 0.1) is 0 Å². The third-order valence-corrected chi connectivity index (χ3v) is 3.38. The van der Waals surface area contributed by atoms with Crippen LogP contribution in [0.15, 0.2) is 18.5 Å². The summed E-state index contributed by atoms with van der Waals surface area (Å²) in [5.74, 6) is -0.0992. The predicted octanol–water partition coefficient (Wildman–Crippen LogP) is 0.878. The molecule has 5 nitrogen and oxygen atoms in total. The molecule has 0 saturated carbocycles. The summed E-state index contributed by atoms with van der Waals surface area (Å²) < 4.78 is 0. The van der Waals surface area contributed by atoms with Gasteiger partial charge in [0.15, 0.2) is 0 Å². The highest BCUT2D eigenvalue weighted by Gasteiger charge is 2.21. The van der Waals surface area contributed by atoms with E-state index in [1.807, 2.05) is 0 Å². The van der Waals surface area contributed by atoms with Gasteiger partial charge >= 0.3 is 0 Å². The summed E-state index contributed by atoms with van der Waals surface area (Å²) in [5.41, 5.74) is 6.69. The number of likely N-dealkylation sites (tertiary alicyclic amines) is 1. The topological polar surface area (TPSA) is 71.2 Å². The summed E-state index contributed by atoms with van der Waals surface area (Å²) in [5, 5.41) is 3.05. The Morgan fingerprint density at radius 1 is 1.67 bits per heavy atom. The number of pyridine rings is 1. The molecule has 2 heterocycles. The van der Waals surface area contributed by atoms with E-state index in [2.05, 4.69) is 22.1 Å². The number of aromatic nitrogens is 1. The van der Waals surface area contributed by atoms with E-state index in [0.29, 0.717) is 11.3 Å². The number of hydrogen-bond donors (Lipinski definition) is 2. The van der Waals surface area contributed by atoms with Crippen LogP contribution in [-0.2, 0) is 0 Å². The van der Waals surface area contributed by atoms with Gasteiger partial charge in [-0.15, -0.1) is 0 Å². The fourth-order valence-corrected chi connectivity index (χ4v) is 2.34. The molecule has 1 aromatic rings. The van der Waals surface area contributed by atoms with Crippen molar-refractivity contribution in [1.29, 1.82) is 0 Å². The van der Waals surface area contributed by atoms with Gasteiger partial charge in [-0.3, -0.25) is 9.78 Å². The largest absolute Gasteiger partial charge is 0.397 e. The Labute approximate surface area is 107 Å². The van der Waals surface area contributed by atoms with Crippen LogP contribution in [0.3, 0.4) is 0 Å². The van der Waals surface area contributed by atoms with E-state index < -0.39 is 0 Å². The number of likely N-dealkylation sites (N-methyl/N-ethyl adjacent to an activating group) is 1. The molecule has 0 spiro atoms. The van der Waals surface area contributed by atoms with Crippen LogP contribution in [0.5, 0.6) is 0 Å². The quantitative estimate of drug-likeness (QED) is 0.833. The minimum atomic E-state index is -0.0992. The average Bonchev–Trinajstić information content (AvgIpc) is 2.39. The van der Waals surface area contributed by atoms with Gasteiger partial charge in [-0.05, 0) is 32.0 Å². The molecule has 0 aliphatic carbocycles. The van der Waals surface area contributed by atoms with Crippen molar-refractivity contribution in [2.24, 2.45) is 0 Å². The zero-order chi connectivity index (χ0) is 13.0. The molecular weight excluding hydrogens is 228 g/mol. The highest BCUT2D eigenvalue weighted by molar-refractivity contribution is 5.99. The molecule has 2 rings (SSSR count). The molecule has 1 amide bonds. The van der Waals surface area contributed by atoms with Crippen LogP contribution in [0.2, 0.25) is 0 Å². The minimum Gasteiger partial charge on any atom is -0.397 e. The zero-order valence-electron chi connectivity index (χ0n) is 10.7. The van der Waals surface area contributed by atoms with Crippen molar-refractivity contribution in [2.45, 2.75) is 25.8 Å². The number of rotatable bonds is 3. The van der Waals surface area contributed by atoms with Crippen LogP contribution < -0.4 is 11.1 Å². The van der Waals surface area contributed by atoms with E-state index >= 15 is 0 Å². The number of nitrogens with one attached hydrogen (secondary N) is 1. The maximum absolute atomic E-state index is 12.1.